The first-order valence-corrected chi connectivity index (χ1v) is 4.38. The van der Waals surface area contributed by atoms with Crippen LogP contribution in [-0.2, 0) is 4.79 Å². The summed E-state index contributed by atoms with van der Waals surface area (Å²) in [4.78, 5) is 25.7. The number of rotatable bonds is 4. The van der Waals surface area contributed by atoms with E-state index in [0.29, 0.717) is 5.56 Å². The average Bonchev–Trinajstić information content (AvgIpc) is 2.25. The van der Waals surface area contributed by atoms with E-state index in [1.54, 1.807) is 12.1 Å². The van der Waals surface area contributed by atoms with E-state index >= 15 is 0 Å². The third kappa shape index (κ3) is 4.19. The molecule has 0 saturated heterocycles. The van der Waals surface area contributed by atoms with Crippen LogP contribution in [0, 0.1) is 0 Å². The van der Waals surface area contributed by atoms with Crippen LogP contribution in [0.1, 0.15) is 17.3 Å². The summed E-state index contributed by atoms with van der Waals surface area (Å²) in [5, 5.41) is 2.48. The van der Waals surface area contributed by atoms with E-state index in [1.807, 2.05) is 0 Å². The fourth-order valence-corrected chi connectivity index (χ4v) is 0.869. The highest BCUT2D eigenvalue weighted by atomic mass is 16.2. The van der Waals surface area contributed by atoms with Crippen LogP contribution >= 0.6 is 0 Å². The predicted molar refractivity (Wildman–Crippen MR) is 53.5 cm³/mol. The van der Waals surface area contributed by atoms with Gasteiger partial charge in [-0.05, 0) is 12.1 Å². The summed E-state index contributed by atoms with van der Waals surface area (Å²) in [6.07, 6.45) is 3.06. The zero-order chi connectivity index (χ0) is 11.1. The first kappa shape index (κ1) is 11.1. The zero-order valence-corrected chi connectivity index (χ0v) is 8.28. The molecule has 3 N–H and O–H groups in total. The largest absolute Gasteiger partial charge is 0.342 e. The van der Waals surface area contributed by atoms with Crippen molar-refractivity contribution < 1.29 is 9.59 Å². The molecule has 1 rings (SSSR count). The number of nitrogens with one attached hydrogen (secondary N) is 3. The maximum absolute atomic E-state index is 11.4. The Bertz CT molecular complexity index is 339. The second-order valence-electron chi connectivity index (χ2n) is 2.78. The highest BCUT2D eigenvalue weighted by Gasteiger charge is 2.02. The standard InChI is InChI=1S/C9H12N4O2/c1-7(14)11-6-12-13-9(15)8-2-4-10-5-3-8/h2-5,12H,6H2,1H3,(H,11,14)(H,13,15). The van der Waals surface area contributed by atoms with Crippen molar-refractivity contribution >= 4 is 11.8 Å². The minimum atomic E-state index is -0.275. The lowest BCUT2D eigenvalue weighted by Gasteiger charge is -2.06. The predicted octanol–water partition coefficient (Wildman–Crippen LogP) is -0.590. The van der Waals surface area contributed by atoms with Gasteiger partial charge in [0.1, 0.15) is 0 Å². The van der Waals surface area contributed by atoms with Gasteiger partial charge in [-0.3, -0.25) is 20.0 Å². The molecule has 0 radical (unpaired) electrons. The van der Waals surface area contributed by atoms with E-state index < -0.39 is 0 Å². The molecule has 80 valence electrons. The Balaban J connectivity index is 2.28. The van der Waals surface area contributed by atoms with Gasteiger partial charge >= 0.3 is 0 Å². The lowest BCUT2D eigenvalue weighted by atomic mass is 10.3. The van der Waals surface area contributed by atoms with Crippen LogP contribution in [0.3, 0.4) is 0 Å². The van der Waals surface area contributed by atoms with E-state index in [4.69, 9.17) is 0 Å². The van der Waals surface area contributed by atoms with Crippen LogP contribution < -0.4 is 16.2 Å². The highest BCUT2D eigenvalue weighted by molar-refractivity contribution is 5.93. The number of carbonyl (C=O) groups excluding carboxylic acids is 2. The van der Waals surface area contributed by atoms with Gasteiger partial charge in [0, 0.05) is 24.9 Å². The average molecular weight is 208 g/mol. The Kier molecular flexibility index (Phi) is 4.24. The minimum Gasteiger partial charge on any atom is -0.342 e. The second kappa shape index (κ2) is 5.71. The number of nitrogens with zero attached hydrogens (tertiary/aromatic N) is 1. The van der Waals surface area contributed by atoms with Crippen molar-refractivity contribution in [3.05, 3.63) is 30.1 Å². The third-order valence-corrected chi connectivity index (χ3v) is 1.57. The zero-order valence-electron chi connectivity index (χ0n) is 8.28. The molecular weight excluding hydrogens is 196 g/mol. The van der Waals surface area contributed by atoms with Gasteiger partial charge in [0.05, 0.1) is 6.67 Å². The van der Waals surface area contributed by atoms with Crippen molar-refractivity contribution in [2.24, 2.45) is 0 Å². The fraction of sp³-hybridized carbons (Fsp3) is 0.222. The summed E-state index contributed by atoms with van der Waals surface area (Å²) >= 11 is 0. The van der Waals surface area contributed by atoms with E-state index in [2.05, 4.69) is 21.2 Å². The third-order valence-electron chi connectivity index (χ3n) is 1.57. The molecule has 2 amide bonds. The van der Waals surface area contributed by atoms with Gasteiger partial charge in [-0.15, -0.1) is 0 Å². The van der Waals surface area contributed by atoms with Crippen LogP contribution in [0.2, 0.25) is 0 Å². The topological polar surface area (TPSA) is 83.1 Å². The lowest BCUT2D eigenvalue weighted by Crippen LogP contribution is -2.43. The quantitative estimate of drug-likeness (QED) is 0.351. The summed E-state index contributed by atoms with van der Waals surface area (Å²) in [5.41, 5.74) is 5.49. The van der Waals surface area contributed by atoms with E-state index in [0.717, 1.165) is 0 Å². The second-order valence-corrected chi connectivity index (χ2v) is 2.78. The van der Waals surface area contributed by atoms with Gasteiger partial charge in [-0.1, -0.05) is 0 Å². The molecule has 0 atom stereocenters. The molecule has 1 aromatic heterocycles. The Hall–Kier alpha value is -1.95. The normalized spacial score (nSPS) is 9.40. The monoisotopic (exact) mass is 208 g/mol. The van der Waals surface area contributed by atoms with Crippen molar-refractivity contribution in [1.29, 1.82) is 0 Å². The Morgan fingerprint density at radius 3 is 2.60 bits per heavy atom. The molecule has 6 nitrogen and oxygen atoms in total. The summed E-state index contributed by atoms with van der Waals surface area (Å²) in [6, 6.07) is 3.19. The van der Waals surface area contributed by atoms with E-state index in [-0.39, 0.29) is 18.5 Å². The number of hydrogen-bond donors (Lipinski definition) is 3. The summed E-state index contributed by atoms with van der Waals surface area (Å²) in [7, 11) is 0. The summed E-state index contributed by atoms with van der Waals surface area (Å²) in [6.45, 7) is 1.58. The molecule has 0 aliphatic heterocycles. The van der Waals surface area contributed by atoms with Crippen molar-refractivity contribution in [3.8, 4) is 0 Å². The highest BCUT2D eigenvalue weighted by Crippen LogP contribution is 1.93. The fourth-order valence-electron chi connectivity index (χ4n) is 0.869. The van der Waals surface area contributed by atoms with Gasteiger partial charge in [0.15, 0.2) is 0 Å². The molecule has 1 heterocycles. The van der Waals surface area contributed by atoms with Crippen LogP contribution in [0.15, 0.2) is 24.5 Å². The van der Waals surface area contributed by atoms with Crippen molar-refractivity contribution in [1.82, 2.24) is 21.2 Å². The van der Waals surface area contributed by atoms with Gasteiger partial charge < -0.3 is 5.32 Å². The molecule has 0 bridgehead atoms. The lowest BCUT2D eigenvalue weighted by molar-refractivity contribution is -0.119. The van der Waals surface area contributed by atoms with Crippen LogP contribution in [-0.4, -0.2) is 23.5 Å². The number of aromatic nitrogens is 1. The maximum Gasteiger partial charge on any atom is 0.265 e. The van der Waals surface area contributed by atoms with Crippen molar-refractivity contribution in [3.63, 3.8) is 0 Å². The summed E-state index contributed by atoms with van der Waals surface area (Å²) in [5.74, 6) is -0.441. The molecule has 15 heavy (non-hydrogen) atoms. The number of amides is 2. The molecule has 6 heteroatoms. The van der Waals surface area contributed by atoms with Gasteiger partial charge in [-0.2, -0.15) is 0 Å². The Morgan fingerprint density at radius 1 is 1.33 bits per heavy atom. The molecule has 1 aromatic rings. The summed E-state index contributed by atoms with van der Waals surface area (Å²) < 4.78 is 0. The molecule has 0 aliphatic rings. The first-order chi connectivity index (χ1) is 7.20. The molecule has 0 spiro atoms. The number of hydrogen-bond acceptors (Lipinski definition) is 4. The molecular formula is C9H12N4O2. The molecule has 0 aliphatic carbocycles. The minimum absolute atomic E-state index is 0.166. The SMILES string of the molecule is CC(=O)NCNNC(=O)c1ccncc1. The molecule has 0 saturated carbocycles. The van der Waals surface area contributed by atoms with Crippen molar-refractivity contribution in [2.45, 2.75) is 6.92 Å². The smallest absolute Gasteiger partial charge is 0.265 e. The maximum atomic E-state index is 11.4. The van der Waals surface area contributed by atoms with Crippen LogP contribution in [0.5, 0.6) is 0 Å². The Labute approximate surface area is 87.1 Å². The molecule has 0 aromatic carbocycles. The van der Waals surface area contributed by atoms with Crippen molar-refractivity contribution in [2.75, 3.05) is 6.67 Å². The number of carbonyl (C=O) groups is 2. The van der Waals surface area contributed by atoms with Gasteiger partial charge in [0.2, 0.25) is 5.91 Å². The molecule has 0 fully saturated rings. The van der Waals surface area contributed by atoms with Gasteiger partial charge in [0.25, 0.3) is 5.91 Å². The Morgan fingerprint density at radius 2 is 2.00 bits per heavy atom. The van der Waals surface area contributed by atoms with Crippen LogP contribution in [0.25, 0.3) is 0 Å². The molecule has 0 unspecified atom stereocenters. The van der Waals surface area contributed by atoms with Crippen LogP contribution in [0.4, 0.5) is 0 Å². The van der Waals surface area contributed by atoms with E-state index in [1.165, 1.54) is 19.3 Å². The first-order valence-electron chi connectivity index (χ1n) is 4.38. The number of hydrazine groups is 1. The van der Waals surface area contributed by atoms with E-state index in [9.17, 15) is 9.59 Å². The number of pyridine rings is 1. The van der Waals surface area contributed by atoms with Gasteiger partial charge in [-0.25, -0.2) is 5.43 Å².